The van der Waals surface area contributed by atoms with E-state index in [9.17, 15) is 4.39 Å². The smallest absolute Gasteiger partial charge is 0.131 e. The first-order valence-electron chi connectivity index (χ1n) is 9.11. The molecule has 0 spiro atoms. The molecule has 1 aromatic carbocycles. The van der Waals surface area contributed by atoms with Gasteiger partial charge in [0.05, 0.1) is 13.2 Å². The molecule has 3 heterocycles. The molecular weight excluding hydrogens is 361 g/mol. The van der Waals surface area contributed by atoms with Gasteiger partial charge in [0.15, 0.2) is 0 Å². The third-order valence-corrected chi connectivity index (χ3v) is 5.69. The monoisotopic (exact) mass is 383 g/mol. The first kappa shape index (κ1) is 18.1. The zero-order valence-corrected chi connectivity index (χ0v) is 15.8. The second-order valence-electron chi connectivity index (χ2n) is 6.47. The number of nitrogens with one attached hydrogen (secondary N) is 1. The van der Waals surface area contributed by atoms with Crippen LogP contribution in [0.1, 0.15) is 10.4 Å². The lowest BCUT2D eigenvalue weighted by Crippen LogP contribution is -2.36. The largest absolute Gasteiger partial charge is 0.378 e. The van der Waals surface area contributed by atoms with Gasteiger partial charge in [-0.2, -0.15) is 0 Å². The van der Waals surface area contributed by atoms with Gasteiger partial charge in [0.2, 0.25) is 0 Å². The average molecular weight is 383 g/mol. The summed E-state index contributed by atoms with van der Waals surface area (Å²) >= 11 is 1.62. The van der Waals surface area contributed by atoms with Crippen molar-refractivity contribution in [2.45, 2.75) is 13.1 Å². The van der Waals surface area contributed by atoms with Gasteiger partial charge in [0.1, 0.15) is 11.6 Å². The molecule has 4 nitrogen and oxygen atoms in total. The molecule has 0 aliphatic carbocycles. The van der Waals surface area contributed by atoms with E-state index in [2.05, 4.69) is 33.4 Å². The Hall–Kier alpha value is -2.28. The van der Waals surface area contributed by atoms with Crippen LogP contribution in [-0.2, 0) is 17.8 Å². The summed E-state index contributed by atoms with van der Waals surface area (Å²) in [6.07, 6.45) is 1.93. The molecule has 0 saturated carbocycles. The molecule has 1 fully saturated rings. The highest BCUT2D eigenvalue weighted by Crippen LogP contribution is 2.29. The predicted molar refractivity (Wildman–Crippen MR) is 108 cm³/mol. The van der Waals surface area contributed by atoms with Gasteiger partial charge in [-0.3, -0.25) is 0 Å². The van der Waals surface area contributed by atoms with Gasteiger partial charge in [-0.25, -0.2) is 9.37 Å². The lowest BCUT2D eigenvalue weighted by Gasteiger charge is -2.27. The van der Waals surface area contributed by atoms with Gasteiger partial charge in [-0.05, 0) is 29.8 Å². The quantitative estimate of drug-likeness (QED) is 0.696. The Balaban J connectivity index is 1.30. The minimum atomic E-state index is -0.176. The van der Waals surface area contributed by atoms with Crippen LogP contribution in [-0.4, -0.2) is 31.3 Å². The maximum atomic E-state index is 13.9. The van der Waals surface area contributed by atoms with Gasteiger partial charge >= 0.3 is 0 Å². The van der Waals surface area contributed by atoms with Crippen LogP contribution in [0.2, 0.25) is 0 Å². The first-order valence-corrected chi connectivity index (χ1v) is 9.93. The van der Waals surface area contributed by atoms with Crippen LogP contribution in [0.4, 0.5) is 10.2 Å². The molecule has 0 amide bonds. The van der Waals surface area contributed by atoms with Crippen LogP contribution in [0, 0.1) is 5.82 Å². The summed E-state index contributed by atoms with van der Waals surface area (Å²) < 4.78 is 19.3. The Bertz CT molecular complexity index is 875. The molecule has 1 aliphatic rings. The summed E-state index contributed by atoms with van der Waals surface area (Å²) in [5, 5.41) is 3.44. The van der Waals surface area contributed by atoms with Crippen LogP contribution < -0.4 is 10.2 Å². The van der Waals surface area contributed by atoms with Crippen molar-refractivity contribution in [3.05, 3.63) is 71.0 Å². The number of pyridine rings is 1. The van der Waals surface area contributed by atoms with Crippen molar-refractivity contribution in [2.75, 3.05) is 31.2 Å². The molecule has 4 rings (SSSR count). The minimum Gasteiger partial charge on any atom is -0.378 e. The lowest BCUT2D eigenvalue weighted by atomic mass is 10.2. The highest BCUT2D eigenvalue weighted by molar-refractivity contribution is 7.15. The molecule has 140 valence electrons. The van der Waals surface area contributed by atoms with Crippen molar-refractivity contribution >= 4 is 17.2 Å². The normalized spacial score (nSPS) is 14.5. The van der Waals surface area contributed by atoms with E-state index >= 15 is 0 Å². The predicted octanol–water partition coefficient (Wildman–Crippen LogP) is 4.08. The number of hydrogen-bond acceptors (Lipinski definition) is 5. The van der Waals surface area contributed by atoms with Crippen LogP contribution in [0.15, 0.2) is 54.7 Å². The molecule has 1 N–H and O–H groups in total. The van der Waals surface area contributed by atoms with E-state index in [0.717, 1.165) is 55.7 Å². The second-order valence-corrected chi connectivity index (χ2v) is 7.64. The average Bonchev–Trinajstić information content (AvgIpc) is 3.18. The Kier molecular flexibility index (Phi) is 5.77. The van der Waals surface area contributed by atoms with E-state index in [4.69, 9.17) is 4.74 Å². The standard InChI is InChI=1S/C21H22FN3OS/c22-19-4-2-1-3-18(19)20-7-6-17(27-20)15-23-13-16-5-8-21(24-14-16)25-9-11-26-12-10-25/h1-8,14,23H,9-13,15H2. The third-order valence-electron chi connectivity index (χ3n) is 4.57. The zero-order chi connectivity index (χ0) is 18.5. The molecule has 0 unspecified atom stereocenters. The Morgan fingerprint density at radius 3 is 2.67 bits per heavy atom. The number of aromatic nitrogens is 1. The van der Waals surface area contributed by atoms with E-state index in [1.807, 2.05) is 24.4 Å². The van der Waals surface area contributed by atoms with E-state index < -0.39 is 0 Å². The highest BCUT2D eigenvalue weighted by atomic mass is 32.1. The number of halogens is 1. The number of ether oxygens (including phenoxy) is 1. The molecule has 3 aromatic rings. The molecule has 6 heteroatoms. The summed E-state index contributed by atoms with van der Waals surface area (Å²) in [4.78, 5) is 8.97. The molecule has 2 aromatic heterocycles. The fourth-order valence-corrected chi connectivity index (χ4v) is 4.11. The van der Waals surface area contributed by atoms with Gasteiger partial charge in [0.25, 0.3) is 0 Å². The molecule has 0 radical (unpaired) electrons. The number of hydrogen-bond donors (Lipinski definition) is 1. The van der Waals surface area contributed by atoms with Crippen LogP contribution in [0.25, 0.3) is 10.4 Å². The van der Waals surface area contributed by atoms with Crippen molar-refractivity contribution in [2.24, 2.45) is 0 Å². The van der Waals surface area contributed by atoms with E-state index in [-0.39, 0.29) is 5.82 Å². The van der Waals surface area contributed by atoms with Gasteiger partial charge < -0.3 is 15.0 Å². The van der Waals surface area contributed by atoms with E-state index in [1.54, 1.807) is 17.4 Å². The molecule has 1 saturated heterocycles. The van der Waals surface area contributed by atoms with Crippen molar-refractivity contribution in [3.63, 3.8) is 0 Å². The van der Waals surface area contributed by atoms with Gasteiger partial charge in [0, 0.05) is 47.7 Å². The SMILES string of the molecule is Fc1ccccc1-c1ccc(CNCc2ccc(N3CCOCC3)nc2)s1. The summed E-state index contributed by atoms with van der Waals surface area (Å²) in [5.74, 6) is 0.833. The van der Waals surface area contributed by atoms with Crippen molar-refractivity contribution in [1.29, 1.82) is 0 Å². The number of thiophene rings is 1. The number of nitrogens with zero attached hydrogens (tertiary/aromatic N) is 2. The molecule has 1 aliphatic heterocycles. The number of morpholine rings is 1. The molecule has 0 atom stereocenters. The Morgan fingerprint density at radius 1 is 1.04 bits per heavy atom. The van der Waals surface area contributed by atoms with Crippen LogP contribution >= 0.6 is 11.3 Å². The van der Waals surface area contributed by atoms with Crippen LogP contribution in [0.5, 0.6) is 0 Å². The van der Waals surface area contributed by atoms with Gasteiger partial charge in [-0.1, -0.05) is 24.3 Å². The number of benzene rings is 1. The molecule has 27 heavy (non-hydrogen) atoms. The summed E-state index contributed by atoms with van der Waals surface area (Å²) in [5.41, 5.74) is 1.81. The highest BCUT2D eigenvalue weighted by Gasteiger charge is 2.12. The van der Waals surface area contributed by atoms with Crippen molar-refractivity contribution in [3.8, 4) is 10.4 Å². The summed E-state index contributed by atoms with van der Waals surface area (Å²) in [7, 11) is 0. The molecule has 0 bridgehead atoms. The third kappa shape index (κ3) is 4.53. The maximum Gasteiger partial charge on any atom is 0.131 e. The van der Waals surface area contributed by atoms with Crippen molar-refractivity contribution in [1.82, 2.24) is 10.3 Å². The fourth-order valence-electron chi connectivity index (χ4n) is 3.11. The second kappa shape index (κ2) is 8.61. The van der Waals surface area contributed by atoms with E-state index in [0.29, 0.717) is 5.56 Å². The first-order chi connectivity index (χ1) is 13.3. The number of anilines is 1. The minimum absolute atomic E-state index is 0.176. The Morgan fingerprint density at radius 2 is 1.89 bits per heavy atom. The van der Waals surface area contributed by atoms with Crippen LogP contribution in [0.3, 0.4) is 0 Å². The van der Waals surface area contributed by atoms with E-state index in [1.165, 1.54) is 10.9 Å². The van der Waals surface area contributed by atoms with Gasteiger partial charge in [-0.15, -0.1) is 11.3 Å². The maximum absolute atomic E-state index is 13.9. The summed E-state index contributed by atoms with van der Waals surface area (Å²) in [6, 6.07) is 15.1. The summed E-state index contributed by atoms with van der Waals surface area (Å²) in [6.45, 7) is 4.83. The topological polar surface area (TPSA) is 37.4 Å². The zero-order valence-electron chi connectivity index (χ0n) is 15.0. The molecular formula is C21H22FN3OS. The van der Waals surface area contributed by atoms with Crippen molar-refractivity contribution < 1.29 is 9.13 Å². The Labute approximate surface area is 162 Å². The lowest BCUT2D eigenvalue weighted by molar-refractivity contribution is 0.122. The number of rotatable bonds is 6. The fraction of sp³-hybridized carbons (Fsp3) is 0.286.